The van der Waals surface area contributed by atoms with Crippen molar-refractivity contribution in [3.05, 3.63) is 65.7 Å². The van der Waals surface area contributed by atoms with Gasteiger partial charge in [-0.15, -0.1) is 0 Å². The summed E-state index contributed by atoms with van der Waals surface area (Å²) in [5.74, 6) is 0.413. The van der Waals surface area contributed by atoms with E-state index in [0.717, 1.165) is 43.6 Å². The quantitative estimate of drug-likeness (QED) is 0.464. The maximum Gasteiger partial charge on any atom is 0.254 e. The SMILES string of the molecule is CCCCCN(Cc1nc2c(F)cccc2n1CCC)C(=O)c1ccccc1. The molecular formula is C23H28FN3O. The van der Waals surface area contributed by atoms with Crippen LogP contribution < -0.4 is 0 Å². The number of amides is 1. The van der Waals surface area contributed by atoms with Gasteiger partial charge in [-0.3, -0.25) is 4.79 Å². The van der Waals surface area contributed by atoms with E-state index in [1.807, 2.05) is 45.9 Å². The minimum Gasteiger partial charge on any atom is -0.331 e. The molecule has 0 N–H and O–H groups in total. The van der Waals surface area contributed by atoms with Crippen molar-refractivity contribution in [2.45, 2.75) is 52.6 Å². The molecule has 0 bridgehead atoms. The van der Waals surface area contributed by atoms with Gasteiger partial charge in [-0.1, -0.05) is 51.0 Å². The van der Waals surface area contributed by atoms with Crippen LogP contribution in [0.4, 0.5) is 4.39 Å². The summed E-state index contributed by atoms with van der Waals surface area (Å²) in [7, 11) is 0. The predicted octanol–water partition coefficient (Wildman–Crippen LogP) is 5.42. The van der Waals surface area contributed by atoms with E-state index < -0.39 is 0 Å². The molecule has 0 aliphatic heterocycles. The lowest BCUT2D eigenvalue weighted by Crippen LogP contribution is -2.32. The Balaban J connectivity index is 1.94. The van der Waals surface area contributed by atoms with Gasteiger partial charge in [-0.05, 0) is 37.1 Å². The Morgan fingerprint density at radius 1 is 1.04 bits per heavy atom. The molecule has 4 nitrogen and oxygen atoms in total. The van der Waals surface area contributed by atoms with Gasteiger partial charge >= 0.3 is 0 Å². The van der Waals surface area contributed by atoms with Crippen LogP contribution >= 0.6 is 0 Å². The highest BCUT2D eigenvalue weighted by atomic mass is 19.1. The average molecular weight is 381 g/mol. The van der Waals surface area contributed by atoms with Crippen LogP contribution in [0.25, 0.3) is 11.0 Å². The number of imidazole rings is 1. The van der Waals surface area contributed by atoms with Crippen LogP contribution in [0.2, 0.25) is 0 Å². The van der Waals surface area contributed by atoms with Crippen LogP contribution in [-0.4, -0.2) is 26.9 Å². The van der Waals surface area contributed by atoms with E-state index >= 15 is 0 Å². The Bertz CT molecular complexity index is 920. The fraction of sp³-hybridized carbons (Fsp3) is 0.391. The van der Waals surface area contributed by atoms with E-state index in [0.29, 0.717) is 24.2 Å². The molecule has 3 rings (SSSR count). The molecule has 3 aromatic rings. The fourth-order valence-corrected chi connectivity index (χ4v) is 3.49. The topological polar surface area (TPSA) is 38.1 Å². The summed E-state index contributed by atoms with van der Waals surface area (Å²) in [6.45, 7) is 6.03. The molecule has 1 heterocycles. The Hall–Kier alpha value is -2.69. The molecule has 0 atom stereocenters. The van der Waals surface area contributed by atoms with Crippen molar-refractivity contribution >= 4 is 16.9 Å². The molecule has 0 fully saturated rings. The lowest BCUT2D eigenvalue weighted by molar-refractivity contribution is 0.0734. The smallest absolute Gasteiger partial charge is 0.254 e. The van der Waals surface area contributed by atoms with Crippen LogP contribution in [0.15, 0.2) is 48.5 Å². The van der Waals surface area contributed by atoms with Gasteiger partial charge in [-0.2, -0.15) is 0 Å². The first-order valence-corrected chi connectivity index (χ1v) is 10.1. The first kappa shape index (κ1) is 20.1. The number of rotatable bonds is 9. The summed E-state index contributed by atoms with van der Waals surface area (Å²) in [5.41, 5.74) is 1.84. The van der Waals surface area contributed by atoms with Crippen molar-refractivity contribution in [3.8, 4) is 0 Å². The van der Waals surface area contributed by atoms with E-state index in [9.17, 15) is 9.18 Å². The number of carbonyl (C=O) groups is 1. The number of carbonyl (C=O) groups excluding carboxylic acids is 1. The first-order chi connectivity index (χ1) is 13.7. The van der Waals surface area contributed by atoms with Gasteiger partial charge in [0.25, 0.3) is 5.91 Å². The van der Waals surface area contributed by atoms with E-state index in [2.05, 4.69) is 18.8 Å². The molecule has 1 aromatic heterocycles. The van der Waals surface area contributed by atoms with Gasteiger partial charge in [0, 0.05) is 18.7 Å². The van der Waals surface area contributed by atoms with Crippen molar-refractivity contribution in [3.63, 3.8) is 0 Å². The number of aromatic nitrogens is 2. The second-order valence-electron chi connectivity index (χ2n) is 7.09. The Kier molecular flexibility index (Phi) is 6.80. The molecule has 148 valence electrons. The number of nitrogens with zero attached hydrogens (tertiary/aromatic N) is 3. The van der Waals surface area contributed by atoms with Crippen LogP contribution in [0, 0.1) is 5.82 Å². The first-order valence-electron chi connectivity index (χ1n) is 10.1. The Morgan fingerprint density at radius 2 is 1.82 bits per heavy atom. The minimum atomic E-state index is -0.319. The van der Waals surface area contributed by atoms with E-state index in [1.165, 1.54) is 6.07 Å². The number of halogens is 1. The third kappa shape index (κ3) is 4.41. The normalized spacial score (nSPS) is 11.1. The van der Waals surface area contributed by atoms with Crippen LogP contribution in [0.5, 0.6) is 0 Å². The number of hydrogen-bond acceptors (Lipinski definition) is 2. The second kappa shape index (κ2) is 9.49. The van der Waals surface area contributed by atoms with E-state index in [4.69, 9.17) is 0 Å². The summed E-state index contributed by atoms with van der Waals surface area (Å²) >= 11 is 0. The molecule has 0 aliphatic rings. The maximum atomic E-state index is 14.3. The van der Waals surface area contributed by atoms with Crippen LogP contribution in [-0.2, 0) is 13.1 Å². The van der Waals surface area contributed by atoms with Crippen molar-refractivity contribution in [2.75, 3.05) is 6.54 Å². The molecule has 1 amide bonds. The zero-order chi connectivity index (χ0) is 19.9. The summed E-state index contributed by atoms with van der Waals surface area (Å²) in [5, 5.41) is 0. The number of aryl methyl sites for hydroxylation is 1. The molecule has 5 heteroatoms. The predicted molar refractivity (Wildman–Crippen MR) is 111 cm³/mol. The number of benzene rings is 2. The van der Waals surface area contributed by atoms with Gasteiger partial charge in [-0.25, -0.2) is 9.37 Å². The van der Waals surface area contributed by atoms with Gasteiger partial charge in [0.05, 0.1) is 12.1 Å². The largest absolute Gasteiger partial charge is 0.331 e. The zero-order valence-electron chi connectivity index (χ0n) is 16.7. The molecule has 28 heavy (non-hydrogen) atoms. The van der Waals surface area contributed by atoms with Gasteiger partial charge in [0.1, 0.15) is 11.3 Å². The lowest BCUT2D eigenvalue weighted by Gasteiger charge is -2.23. The number of unbranched alkanes of at least 4 members (excludes halogenated alkanes) is 2. The lowest BCUT2D eigenvalue weighted by atomic mass is 10.1. The summed E-state index contributed by atoms with van der Waals surface area (Å²) in [6.07, 6.45) is 4.01. The third-order valence-corrected chi connectivity index (χ3v) is 4.93. The number of fused-ring (bicyclic) bond motifs is 1. The molecule has 2 aromatic carbocycles. The van der Waals surface area contributed by atoms with E-state index in [-0.39, 0.29) is 11.7 Å². The average Bonchev–Trinajstić information content (AvgIpc) is 3.06. The minimum absolute atomic E-state index is 0.00715. The zero-order valence-corrected chi connectivity index (χ0v) is 16.7. The maximum absolute atomic E-state index is 14.3. The standard InChI is InChI=1S/C23H28FN3O/c1-3-5-9-16-26(23(28)18-11-7-6-8-12-18)17-21-25-22-19(24)13-10-14-20(22)27(21)15-4-2/h6-8,10-14H,3-5,9,15-17H2,1-2H3. The molecule has 0 saturated carbocycles. The third-order valence-electron chi connectivity index (χ3n) is 4.93. The highest BCUT2D eigenvalue weighted by Crippen LogP contribution is 2.21. The van der Waals surface area contributed by atoms with E-state index in [1.54, 1.807) is 6.07 Å². The molecule has 0 unspecified atom stereocenters. The number of para-hydroxylation sites is 1. The second-order valence-corrected chi connectivity index (χ2v) is 7.09. The van der Waals surface area contributed by atoms with Crippen molar-refractivity contribution in [1.29, 1.82) is 0 Å². The van der Waals surface area contributed by atoms with Crippen molar-refractivity contribution < 1.29 is 9.18 Å². The molecule has 0 radical (unpaired) electrons. The summed E-state index contributed by atoms with van der Waals surface area (Å²) < 4.78 is 16.3. The van der Waals surface area contributed by atoms with Crippen molar-refractivity contribution in [2.24, 2.45) is 0 Å². The highest BCUT2D eigenvalue weighted by molar-refractivity contribution is 5.94. The molecule has 0 spiro atoms. The summed E-state index contributed by atoms with van der Waals surface area (Å²) in [6, 6.07) is 14.4. The highest BCUT2D eigenvalue weighted by Gasteiger charge is 2.20. The Labute approximate surface area is 166 Å². The van der Waals surface area contributed by atoms with Gasteiger partial charge < -0.3 is 9.47 Å². The summed E-state index contributed by atoms with van der Waals surface area (Å²) in [4.78, 5) is 19.5. The van der Waals surface area contributed by atoms with Gasteiger partial charge in [0.15, 0.2) is 5.82 Å². The monoisotopic (exact) mass is 381 g/mol. The number of hydrogen-bond donors (Lipinski definition) is 0. The van der Waals surface area contributed by atoms with Crippen molar-refractivity contribution in [1.82, 2.24) is 14.5 Å². The molecular weight excluding hydrogens is 353 g/mol. The molecule has 0 aliphatic carbocycles. The fourth-order valence-electron chi connectivity index (χ4n) is 3.49. The molecule has 0 saturated heterocycles. The van der Waals surface area contributed by atoms with Gasteiger partial charge in [0.2, 0.25) is 0 Å². The Morgan fingerprint density at radius 3 is 2.54 bits per heavy atom. The van der Waals surface area contributed by atoms with Crippen LogP contribution in [0.1, 0.15) is 55.7 Å². The van der Waals surface area contributed by atoms with Crippen LogP contribution in [0.3, 0.4) is 0 Å².